The molecule has 5 heteroatoms. The predicted molar refractivity (Wildman–Crippen MR) is 101 cm³/mol. The van der Waals surface area contributed by atoms with Gasteiger partial charge in [0.2, 0.25) is 5.88 Å². The number of anilines is 2. The molecule has 1 aromatic heterocycles. The summed E-state index contributed by atoms with van der Waals surface area (Å²) in [5, 5.41) is 2.16. The van der Waals surface area contributed by atoms with E-state index in [-0.39, 0.29) is 0 Å². The number of fused-ring (bicyclic) bond motifs is 1. The van der Waals surface area contributed by atoms with Crippen molar-refractivity contribution in [3.8, 4) is 11.6 Å². The number of nitrogen functional groups attached to an aromatic ring is 1. The maximum Gasteiger partial charge on any atom is 0.248 e. The minimum Gasteiger partial charge on any atom is -0.436 e. The molecule has 0 bridgehead atoms. The number of nitrogens with zero attached hydrogens (tertiary/aromatic N) is 3. The van der Waals surface area contributed by atoms with Gasteiger partial charge in [-0.3, -0.25) is 0 Å². The Morgan fingerprint density at radius 3 is 2.64 bits per heavy atom. The van der Waals surface area contributed by atoms with E-state index in [1.807, 2.05) is 30.3 Å². The van der Waals surface area contributed by atoms with E-state index in [4.69, 9.17) is 10.5 Å². The van der Waals surface area contributed by atoms with Gasteiger partial charge in [0.25, 0.3) is 0 Å². The van der Waals surface area contributed by atoms with Crippen molar-refractivity contribution >= 4 is 22.3 Å². The summed E-state index contributed by atoms with van der Waals surface area (Å²) >= 11 is 0. The number of aromatic nitrogens is 2. The zero-order valence-electron chi connectivity index (χ0n) is 14.4. The molecule has 2 aromatic carbocycles. The molecule has 1 fully saturated rings. The van der Waals surface area contributed by atoms with Gasteiger partial charge < -0.3 is 15.4 Å². The van der Waals surface area contributed by atoms with Gasteiger partial charge in [0, 0.05) is 18.5 Å². The van der Waals surface area contributed by atoms with Crippen molar-refractivity contribution in [1.82, 2.24) is 9.97 Å². The first-order valence-electron chi connectivity index (χ1n) is 8.73. The minimum atomic E-state index is 0.417. The van der Waals surface area contributed by atoms with Crippen LogP contribution in [-0.2, 0) is 0 Å². The summed E-state index contributed by atoms with van der Waals surface area (Å²) in [7, 11) is 0. The Morgan fingerprint density at radius 2 is 1.80 bits per heavy atom. The Morgan fingerprint density at radius 1 is 1.04 bits per heavy atom. The Bertz CT molecular complexity index is 883. The molecule has 4 rings (SSSR count). The van der Waals surface area contributed by atoms with E-state index in [1.165, 1.54) is 6.33 Å². The second-order valence-corrected chi connectivity index (χ2v) is 6.67. The average Bonchev–Trinajstić information content (AvgIpc) is 2.65. The lowest BCUT2D eigenvalue weighted by atomic mass is 9.99. The summed E-state index contributed by atoms with van der Waals surface area (Å²) in [4.78, 5) is 10.9. The Kier molecular flexibility index (Phi) is 4.14. The first-order chi connectivity index (χ1) is 12.2. The quantitative estimate of drug-likeness (QED) is 0.776. The van der Waals surface area contributed by atoms with Gasteiger partial charge in [0.1, 0.15) is 17.8 Å². The van der Waals surface area contributed by atoms with E-state index in [1.54, 1.807) is 0 Å². The molecule has 3 aromatic rings. The van der Waals surface area contributed by atoms with Crippen LogP contribution in [0, 0.1) is 5.92 Å². The molecule has 2 N–H and O–H groups in total. The minimum absolute atomic E-state index is 0.417. The van der Waals surface area contributed by atoms with Crippen molar-refractivity contribution in [3.05, 3.63) is 48.8 Å². The van der Waals surface area contributed by atoms with Crippen LogP contribution in [0.2, 0.25) is 0 Å². The summed E-state index contributed by atoms with van der Waals surface area (Å²) in [6, 6.07) is 14.1. The van der Waals surface area contributed by atoms with Crippen molar-refractivity contribution in [2.75, 3.05) is 23.7 Å². The molecule has 0 saturated carbocycles. The van der Waals surface area contributed by atoms with Crippen molar-refractivity contribution in [2.24, 2.45) is 5.92 Å². The van der Waals surface area contributed by atoms with E-state index >= 15 is 0 Å². The van der Waals surface area contributed by atoms with Gasteiger partial charge in [-0.2, -0.15) is 4.98 Å². The van der Waals surface area contributed by atoms with Crippen molar-refractivity contribution < 1.29 is 4.74 Å². The standard InChI is InChI=1S/C20H22N4O/c1-14-9-11-24(12-10-14)19-18(21)20(23-13-22-19)25-17-8-4-6-15-5-2-3-7-16(15)17/h2-8,13-14H,9-12,21H2,1H3. The molecule has 1 aliphatic heterocycles. The SMILES string of the molecule is CC1CCN(c2ncnc(Oc3cccc4ccccc34)c2N)CC1. The van der Waals surface area contributed by atoms with Crippen LogP contribution in [-0.4, -0.2) is 23.1 Å². The van der Waals surface area contributed by atoms with Crippen LogP contribution < -0.4 is 15.4 Å². The summed E-state index contributed by atoms with van der Waals surface area (Å²) in [5.74, 6) is 2.70. The average molecular weight is 334 g/mol. The summed E-state index contributed by atoms with van der Waals surface area (Å²) in [6.45, 7) is 4.22. The van der Waals surface area contributed by atoms with E-state index in [2.05, 4.69) is 33.9 Å². The van der Waals surface area contributed by atoms with Gasteiger partial charge in [0.05, 0.1) is 0 Å². The van der Waals surface area contributed by atoms with Crippen molar-refractivity contribution in [2.45, 2.75) is 19.8 Å². The Labute approximate surface area is 147 Å². The molecule has 1 aliphatic rings. The van der Waals surface area contributed by atoms with Crippen LogP contribution in [0.1, 0.15) is 19.8 Å². The monoisotopic (exact) mass is 334 g/mol. The number of benzene rings is 2. The number of ether oxygens (including phenoxy) is 1. The Hall–Kier alpha value is -2.82. The van der Waals surface area contributed by atoms with Crippen LogP contribution in [0.15, 0.2) is 48.8 Å². The number of rotatable bonds is 3. The largest absolute Gasteiger partial charge is 0.436 e. The maximum atomic E-state index is 6.35. The third kappa shape index (κ3) is 3.09. The van der Waals surface area contributed by atoms with Crippen LogP contribution >= 0.6 is 0 Å². The van der Waals surface area contributed by atoms with Gasteiger partial charge in [-0.25, -0.2) is 4.98 Å². The highest BCUT2D eigenvalue weighted by molar-refractivity contribution is 5.88. The molecule has 1 saturated heterocycles. The second-order valence-electron chi connectivity index (χ2n) is 6.67. The lowest BCUT2D eigenvalue weighted by Gasteiger charge is -2.31. The first-order valence-corrected chi connectivity index (χ1v) is 8.73. The van der Waals surface area contributed by atoms with Crippen LogP contribution in [0.4, 0.5) is 11.5 Å². The van der Waals surface area contributed by atoms with Crippen LogP contribution in [0.5, 0.6) is 11.6 Å². The predicted octanol–water partition coefficient (Wildman–Crippen LogP) is 4.24. The summed E-state index contributed by atoms with van der Waals surface area (Å²) in [5.41, 5.74) is 6.85. The fourth-order valence-electron chi connectivity index (χ4n) is 3.31. The number of hydrogen-bond donors (Lipinski definition) is 1. The molecule has 0 spiro atoms. The molecule has 2 heterocycles. The van der Waals surface area contributed by atoms with Gasteiger partial charge >= 0.3 is 0 Å². The topological polar surface area (TPSA) is 64.3 Å². The van der Waals surface area contributed by atoms with Crippen molar-refractivity contribution in [3.63, 3.8) is 0 Å². The number of nitrogens with two attached hydrogens (primary N) is 1. The van der Waals surface area contributed by atoms with Crippen molar-refractivity contribution in [1.29, 1.82) is 0 Å². The fourth-order valence-corrected chi connectivity index (χ4v) is 3.31. The smallest absolute Gasteiger partial charge is 0.248 e. The van der Waals surface area contributed by atoms with E-state index in [0.717, 1.165) is 54.2 Å². The van der Waals surface area contributed by atoms with Gasteiger partial charge in [-0.05, 0) is 30.2 Å². The Balaban J connectivity index is 1.66. The summed E-state index contributed by atoms with van der Waals surface area (Å²) in [6.07, 6.45) is 3.84. The molecule has 128 valence electrons. The third-order valence-electron chi connectivity index (χ3n) is 4.87. The van der Waals surface area contributed by atoms with E-state index in [9.17, 15) is 0 Å². The molecule has 25 heavy (non-hydrogen) atoms. The van der Waals surface area contributed by atoms with Crippen LogP contribution in [0.25, 0.3) is 10.8 Å². The maximum absolute atomic E-state index is 6.35. The molecular formula is C20H22N4O. The van der Waals surface area contributed by atoms with Gasteiger partial charge in [-0.1, -0.05) is 43.3 Å². The van der Waals surface area contributed by atoms with Gasteiger partial charge in [-0.15, -0.1) is 0 Å². The van der Waals surface area contributed by atoms with E-state index in [0.29, 0.717) is 11.6 Å². The number of piperidine rings is 1. The normalized spacial score (nSPS) is 15.5. The molecule has 0 atom stereocenters. The molecule has 0 amide bonds. The highest BCUT2D eigenvalue weighted by atomic mass is 16.5. The highest BCUT2D eigenvalue weighted by Crippen LogP contribution is 2.35. The molecular weight excluding hydrogens is 312 g/mol. The van der Waals surface area contributed by atoms with Crippen LogP contribution in [0.3, 0.4) is 0 Å². The fraction of sp³-hybridized carbons (Fsp3) is 0.300. The molecule has 5 nitrogen and oxygen atoms in total. The van der Waals surface area contributed by atoms with E-state index < -0.39 is 0 Å². The zero-order valence-corrected chi connectivity index (χ0v) is 14.4. The molecule has 0 aliphatic carbocycles. The molecule has 0 unspecified atom stereocenters. The lowest BCUT2D eigenvalue weighted by molar-refractivity contribution is 0.435. The molecule has 0 radical (unpaired) electrons. The third-order valence-corrected chi connectivity index (χ3v) is 4.87. The zero-order chi connectivity index (χ0) is 17.2. The lowest BCUT2D eigenvalue weighted by Crippen LogP contribution is -2.34. The highest BCUT2D eigenvalue weighted by Gasteiger charge is 2.21. The number of hydrogen-bond acceptors (Lipinski definition) is 5. The van der Waals surface area contributed by atoms with Gasteiger partial charge in [0.15, 0.2) is 5.82 Å². The first kappa shape index (κ1) is 15.7. The summed E-state index contributed by atoms with van der Waals surface area (Å²) < 4.78 is 6.07. The second kappa shape index (κ2) is 6.59.